The van der Waals surface area contributed by atoms with Crippen LogP contribution in [0.3, 0.4) is 0 Å². The van der Waals surface area contributed by atoms with Crippen molar-refractivity contribution in [1.82, 2.24) is 20.2 Å². The molecule has 7 heteroatoms. The summed E-state index contributed by atoms with van der Waals surface area (Å²) < 4.78 is 0. The molecule has 1 N–H and O–H groups in total. The van der Waals surface area contributed by atoms with Crippen LogP contribution in [-0.4, -0.2) is 41.5 Å². The summed E-state index contributed by atoms with van der Waals surface area (Å²) in [6, 6.07) is 4.04. The molecule has 0 aliphatic heterocycles. The number of aryl methyl sites for hydroxylation is 1. The standard InChI is InChI=1S/C15H21N5S.HI/c1-12-19-14(11-21-12)10-20(3)15(16-2)18-8-6-13-5-4-7-17-9-13;/h4-5,7,9,11H,6,8,10H2,1-3H3,(H,16,18);1H. The maximum atomic E-state index is 4.48. The molecular weight excluding hydrogens is 409 g/mol. The zero-order valence-corrected chi connectivity index (χ0v) is 16.3. The van der Waals surface area contributed by atoms with Crippen molar-refractivity contribution in [3.8, 4) is 0 Å². The van der Waals surface area contributed by atoms with Gasteiger partial charge in [0.2, 0.25) is 0 Å². The smallest absolute Gasteiger partial charge is 0.193 e. The predicted molar refractivity (Wildman–Crippen MR) is 103 cm³/mol. The van der Waals surface area contributed by atoms with Crippen molar-refractivity contribution in [2.24, 2.45) is 4.99 Å². The quantitative estimate of drug-likeness (QED) is 0.450. The third-order valence-electron chi connectivity index (χ3n) is 3.06. The van der Waals surface area contributed by atoms with Gasteiger partial charge < -0.3 is 10.2 Å². The summed E-state index contributed by atoms with van der Waals surface area (Å²) in [5.41, 5.74) is 2.30. The molecule has 0 aliphatic carbocycles. The lowest BCUT2D eigenvalue weighted by Crippen LogP contribution is -2.39. The molecule has 0 fully saturated rings. The molecule has 0 bridgehead atoms. The SMILES string of the molecule is CN=C(NCCc1cccnc1)N(C)Cc1csc(C)n1.I. The summed E-state index contributed by atoms with van der Waals surface area (Å²) in [7, 11) is 3.82. The lowest BCUT2D eigenvalue weighted by atomic mass is 10.2. The number of guanidine groups is 1. The lowest BCUT2D eigenvalue weighted by molar-refractivity contribution is 0.471. The summed E-state index contributed by atoms with van der Waals surface area (Å²) in [4.78, 5) is 15.0. The van der Waals surface area contributed by atoms with E-state index in [1.54, 1.807) is 24.6 Å². The van der Waals surface area contributed by atoms with Gasteiger partial charge in [-0.1, -0.05) is 6.07 Å². The van der Waals surface area contributed by atoms with Gasteiger partial charge >= 0.3 is 0 Å². The maximum Gasteiger partial charge on any atom is 0.193 e. The van der Waals surface area contributed by atoms with Crippen LogP contribution < -0.4 is 5.32 Å². The van der Waals surface area contributed by atoms with Gasteiger partial charge in [0.05, 0.1) is 17.2 Å². The monoisotopic (exact) mass is 431 g/mol. The first kappa shape index (κ1) is 18.8. The molecule has 2 aromatic heterocycles. The van der Waals surface area contributed by atoms with Gasteiger partial charge in [-0.05, 0) is 25.0 Å². The van der Waals surface area contributed by atoms with Crippen molar-refractivity contribution < 1.29 is 0 Å². The number of pyridine rings is 1. The third-order valence-corrected chi connectivity index (χ3v) is 3.88. The third kappa shape index (κ3) is 5.88. The number of rotatable bonds is 5. The van der Waals surface area contributed by atoms with Gasteiger partial charge in [-0.2, -0.15) is 0 Å². The van der Waals surface area contributed by atoms with E-state index in [1.165, 1.54) is 5.56 Å². The van der Waals surface area contributed by atoms with Crippen molar-refractivity contribution in [2.45, 2.75) is 19.9 Å². The summed E-state index contributed by atoms with van der Waals surface area (Å²) in [5.74, 6) is 0.879. The first-order chi connectivity index (χ1) is 10.2. The molecule has 5 nitrogen and oxygen atoms in total. The van der Waals surface area contributed by atoms with Crippen LogP contribution in [0, 0.1) is 6.92 Å². The van der Waals surface area contributed by atoms with Crippen molar-refractivity contribution in [3.05, 3.63) is 46.2 Å². The Morgan fingerprint density at radius 1 is 1.45 bits per heavy atom. The van der Waals surface area contributed by atoms with Gasteiger partial charge in [0.1, 0.15) is 0 Å². The normalized spacial score (nSPS) is 11.0. The van der Waals surface area contributed by atoms with Crippen molar-refractivity contribution in [2.75, 3.05) is 20.6 Å². The number of hydrogen-bond donors (Lipinski definition) is 1. The number of hydrogen-bond acceptors (Lipinski definition) is 4. The van der Waals surface area contributed by atoms with E-state index >= 15 is 0 Å². The molecule has 0 radical (unpaired) electrons. The molecule has 0 amide bonds. The van der Waals surface area contributed by atoms with E-state index in [9.17, 15) is 0 Å². The second kappa shape index (κ2) is 9.73. The zero-order chi connectivity index (χ0) is 15.1. The van der Waals surface area contributed by atoms with Crippen LogP contribution >= 0.6 is 35.3 Å². The average Bonchev–Trinajstić information content (AvgIpc) is 2.89. The highest BCUT2D eigenvalue weighted by molar-refractivity contribution is 14.0. The minimum Gasteiger partial charge on any atom is -0.356 e. The average molecular weight is 431 g/mol. The number of nitrogens with zero attached hydrogens (tertiary/aromatic N) is 4. The minimum absolute atomic E-state index is 0. The number of aromatic nitrogens is 2. The van der Waals surface area contributed by atoms with Gasteiger partial charge in [0.25, 0.3) is 0 Å². The molecule has 0 unspecified atom stereocenters. The molecule has 22 heavy (non-hydrogen) atoms. The molecule has 0 aliphatic rings. The fraction of sp³-hybridized carbons (Fsp3) is 0.400. The maximum absolute atomic E-state index is 4.48. The van der Waals surface area contributed by atoms with Crippen LogP contribution in [0.25, 0.3) is 0 Å². The zero-order valence-electron chi connectivity index (χ0n) is 13.1. The number of thiazole rings is 1. The molecule has 0 aromatic carbocycles. The molecule has 0 spiro atoms. The van der Waals surface area contributed by atoms with E-state index in [4.69, 9.17) is 0 Å². The number of aliphatic imine (C=N–C) groups is 1. The van der Waals surface area contributed by atoms with Crippen LogP contribution in [0.5, 0.6) is 0 Å². The number of halogens is 1. The van der Waals surface area contributed by atoms with E-state index < -0.39 is 0 Å². The Hall–Kier alpha value is -1.22. The summed E-state index contributed by atoms with van der Waals surface area (Å²) >= 11 is 1.68. The Labute approximate surface area is 152 Å². The predicted octanol–water partition coefficient (Wildman–Crippen LogP) is 2.71. The lowest BCUT2D eigenvalue weighted by Gasteiger charge is -2.21. The Bertz CT molecular complexity index is 585. The van der Waals surface area contributed by atoms with E-state index in [1.807, 2.05) is 26.2 Å². The molecule has 120 valence electrons. The van der Waals surface area contributed by atoms with Gasteiger partial charge in [-0.15, -0.1) is 35.3 Å². The first-order valence-electron chi connectivity index (χ1n) is 6.90. The Kier molecular flexibility index (Phi) is 8.32. The van der Waals surface area contributed by atoms with Crippen LogP contribution in [-0.2, 0) is 13.0 Å². The second-order valence-corrected chi connectivity index (χ2v) is 5.86. The van der Waals surface area contributed by atoms with Gasteiger partial charge in [-0.25, -0.2) is 4.98 Å². The minimum atomic E-state index is 0. The largest absolute Gasteiger partial charge is 0.356 e. The fourth-order valence-electron chi connectivity index (χ4n) is 2.05. The van der Waals surface area contributed by atoms with Gasteiger partial charge in [0.15, 0.2) is 5.96 Å². The second-order valence-electron chi connectivity index (χ2n) is 4.80. The molecule has 0 saturated carbocycles. The molecule has 0 saturated heterocycles. The van der Waals surface area contributed by atoms with Crippen LogP contribution in [0.1, 0.15) is 16.3 Å². The van der Waals surface area contributed by atoms with E-state index in [2.05, 4.69) is 36.6 Å². The highest BCUT2D eigenvalue weighted by Gasteiger charge is 2.08. The van der Waals surface area contributed by atoms with E-state index in [0.717, 1.165) is 36.2 Å². The van der Waals surface area contributed by atoms with Crippen molar-refractivity contribution in [3.63, 3.8) is 0 Å². The highest BCUT2D eigenvalue weighted by Crippen LogP contribution is 2.09. The molecule has 2 aromatic rings. The summed E-state index contributed by atoms with van der Waals surface area (Å²) in [6.07, 6.45) is 4.61. The van der Waals surface area contributed by atoms with E-state index in [-0.39, 0.29) is 24.0 Å². The van der Waals surface area contributed by atoms with Crippen LogP contribution in [0.4, 0.5) is 0 Å². The number of nitrogens with one attached hydrogen (secondary N) is 1. The van der Waals surface area contributed by atoms with Crippen molar-refractivity contribution in [1.29, 1.82) is 0 Å². The van der Waals surface area contributed by atoms with Gasteiger partial charge in [-0.3, -0.25) is 9.98 Å². The van der Waals surface area contributed by atoms with Crippen LogP contribution in [0.2, 0.25) is 0 Å². The topological polar surface area (TPSA) is 53.4 Å². The molecule has 2 heterocycles. The van der Waals surface area contributed by atoms with Crippen LogP contribution in [0.15, 0.2) is 34.9 Å². The summed E-state index contributed by atoms with van der Waals surface area (Å²) in [5, 5.41) is 6.56. The molecule has 0 atom stereocenters. The first-order valence-corrected chi connectivity index (χ1v) is 7.78. The molecule has 2 rings (SSSR count). The highest BCUT2D eigenvalue weighted by atomic mass is 127. The molecular formula is C15H22IN5S. The van der Waals surface area contributed by atoms with Crippen molar-refractivity contribution >= 4 is 41.3 Å². The Balaban J connectivity index is 0.00000242. The van der Waals surface area contributed by atoms with E-state index in [0.29, 0.717) is 0 Å². The Morgan fingerprint density at radius 3 is 2.86 bits per heavy atom. The van der Waals surface area contributed by atoms with Gasteiger partial charge in [0, 0.05) is 38.4 Å². The summed E-state index contributed by atoms with van der Waals surface area (Å²) in [6.45, 7) is 3.62. The fourth-order valence-corrected chi connectivity index (χ4v) is 2.65. The Morgan fingerprint density at radius 2 is 2.27 bits per heavy atom.